The normalized spacial score (nSPS) is 10.4. The molecule has 0 saturated carbocycles. The Kier molecular flexibility index (Phi) is 14.1. The van der Waals surface area contributed by atoms with E-state index < -0.39 is 11.9 Å². The Morgan fingerprint density at radius 2 is 1.24 bits per heavy atom. The van der Waals surface area contributed by atoms with Crippen LogP contribution in [0, 0.1) is 0 Å². The molecule has 38 heavy (non-hydrogen) atoms. The molecule has 0 heterocycles. The van der Waals surface area contributed by atoms with Gasteiger partial charge in [-0.2, -0.15) is 0 Å². The van der Waals surface area contributed by atoms with Gasteiger partial charge in [0.2, 0.25) is 0 Å². The maximum absolute atomic E-state index is 9.10. The zero-order valence-electron chi connectivity index (χ0n) is 22.3. The number of hydrogen-bond donors (Lipinski definition) is 2. The number of ether oxygens (including phenoxy) is 2. The number of benzene rings is 3. The summed E-state index contributed by atoms with van der Waals surface area (Å²) in [6.07, 6.45) is 4.29. The predicted octanol–water partition coefficient (Wildman–Crippen LogP) is 5.71. The maximum Gasteiger partial charge on any atom is 0.414 e. The fraction of sp³-hybridized carbons (Fsp3) is 0.355. The summed E-state index contributed by atoms with van der Waals surface area (Å²) in [6, 6.07) is 27.2. The topological polar surface area (TPSA) is 96.3 Å². The van der Waals surface area contributed by atoms with Gasteiger partial charge in [0.25, 0.3) is 0 Å². The molecule has 0 unspecified atom stereocenters. The van der Waals surface area contributed by atoms with Crippen LogP contribution in [0.15, 0.2) is 78.9 Å². The molecule has 0 aliphatic rings. The highest BCUT2D eigenvalue weighted by molar-refractivity contribution is 6.27. The first kappa shape index (κ1) is 30.4. The van der Waals surface area contributed by atoms with E-state index in [2.05, 4.69) is 73.3 Å². The van der Waals surface area contributed by atoms with Crippen molar-refractivity contribution >= 4 is 11.9 Å². The molecule has 0 atom stereocenters. The molecule has 0 spiro atoms. The lowest BCUT2D eigenvalue weighted by Crippen LogP contribution is -2.27. The van der Waals surface area contributed by atoms with Crippen LogP contribution in [0.4, 0.5) is 0 Å². The number of nitrogens with zero attached hydrogens (tertiary/aromatic N) is 1. The van der Waals surface area contributed by atoms with Crippen molar-refractivity contribution in [2.24, 2.45) is 0 Å². The number of carboxylic acids is 2. The molecule has 3 rings (SSSR count). The van der Waals surface area contributed by atoms with E-state index in [1.165, 1.54) is 24.0 Å². The van der Waals surface area contributed by atoms with E-state index in [1.54, 1.807) is 0 Å². The minimum Gasteiger partial charge on any atom is -0.489 e. The first-order chi connectivity index (χ1) is 18.4. The molecule has 7 heteroatoms. The van der Waals surface area contributed by atoms with Gasteiger partial charge in [-0.1, -0.05) is 80.6 Å². The molecular formula is C31H39NO6. The minimum atomic E-state index is -1.82. The molecule has 0 fully saturated rings. The van der Waals surface area contributed by atoms with Crippen molar-refractivity contribution in [3.8, 4) is 11.5 Å². The Morgan fingerprint density at radius 1 is 0.658 bits per heavy atom. The smallest absolute Gasteiger partial charge is 0.414 e. The van der Waals surface area contributed by atoms with Gasteiger partial charge >= 0.3 is 11.9 Å². The molecular weight excluding hydrogens is 482 g/mol. The number of carbonyl (C=O) groups is 2. The van der Waals surface area contributed by atoms with Crippen LogP contribution in [-0.2, 0) is 29.0 Å². The van der Waals surface area contributed by atoms with Gasteiger partial charge in [0, 0.05) is 13.0 Å². The summed E-state index contributed by atoms with van der Waals surface area (Å²) < 4.78 is 12.4. The number of hydrogen-bond acceptors (Lipinski definition) is 5. The summed E-state index contributed by atoms with van der Waals surface area (Å²) in [7, 11) is 0. The second-order valence-electron chi connectivity index (χ2n) is 8.84. The van der Waals surface area contributed by atoms with Crippen molar-refractivity contribution < 1.29 is 29.3 Å². The maximum atomic E-state index is 9.10. The fourth-order valence-electron chi connectivity index (χ4n) is 3.85. The molecule has 0 aliphatic carbocycles. The summed E-state index contributed by atoms with van der Waals surface area (Å²) in [5.41, 5.74) is 3.73. The molecule has 3 aromatic rings. The van der Waals surface area contributed by atoms with E-state index in [0.717, 1.165) is 49.5 Å². The van der Waals surface area contributed by atoms with Gasteiger partial charge in [-0.05, 0) is 61.2 Å². The second kappa shape index (κ2) is 17.6. The van der Waals surface area contributed by atoms with Crippen molar-refractivity contribution in [2.75, 3.05) is 26.2 Å². The van der Waals surface area contributed by atoms with E-state index in [4.69, 9.17) is 29.3 Å². The Hall–Kier alpha value is -3.84. The van der Waals surface area contributed by atoms with Crippen LogP contribution in [0.5, 0.6) is 11.5 Å². The van der Waals surface area contributed by atoms with Gasteiger partial charge in [-0.15, -0.1) is 0 Å². The van der Waals surface area contributed by atoms with Crippen LogP contribution < -0.4 is 9.47 Å². The molecule has 0 radical (unpaired) electrons. The molecule has 0 aliphatic heterocycles. The Balaban J connectivity index is 0.000000757. The lowest BCUT2D eigenvalue weighted by Gasteiger charge is -2.21. The van der Waals surface area contributed by atoms with Crippen molar-refractivity contribution in [1.82, 2.24) is 4.90 Å². The lowest BCUT2D eigenvalue weighted by atomic mass is 10.1. The third-order valence-electron chi connectivity index (χ3n) is 5.72. The van der Waals surface area contributed by atoms with Crippen LogP contribution >= 0.6 is 0 Å². The average Bonchev–Trinajstić information content (AvgIpc) is 2.93. The van der Waals surface area contributed by atoms with Crippen molar-refractivity contribution in [3.63, 3.8) is 0 Å². The zero-order valence-corrected chi connectivity index (χ0v) is 22.3. The monoisotopic (exact) mass is 521 g/mol. The standard InChI is InChI=1S/C29H37NO2.C2H2O4/c1-3-19-30(20-4-2)21-17-26-15-16-28(31-22-18-25-11-7-5-8-12-25)29(23-26)32-24-27-13-9-6-10-14-27;3-1(4)2(5)6/h5-16,23H,3-4,17-22,24H2,1-2H3;(H,3,4)(H,5,6). The van der Waals surface area contributed by atoms with Crippen LogP contribution in [0.2, 0.25) is 0 Å². The summed E-state index contributed by atoms with van der Waals surface area (Å²) in [4.78, 5) is 20.7. The highest BCUT2D eigenvalue weighted by atomic mass is 16.5. The first-order valence-electron chi connectivity index (χ1n) is 13.1. The second-order valence-corrected chi connectivity index (χ2v) is 8.84. The van der Waals surface area contributed by atoms with Gasteiger partial charge in [0.05, 0.1) is 6.61 Å². The third kappa shape index (κ3) is 11.9. The number of aliphatic carboxylic acids is 2. The molecule has 0 aromatic heterocycles. The fourth-order valence-corrected chi connectivity index (χ4v) is 3.85. The van der Waals surface area contributed by atoms with Crippen molar-refractivity contribution in [1.29, 1.82) is 0 Å². The van der Waals surface area contributed by atoms with Crippen LogP contribution in [0.25, 0.3) is 0 Å². The predicted molar refractivity (Wildman–Crippen MR) is 149 cm³/mol. The lowest BCUT2D eigenvalue weighted by molar-refractivity contribution is -0.159. The van der Waals surface area contributed by atoms with Crippen molar-refractivity contribution in [2.45, 2.75) is 46.1 Å². The number of carboxylic acid groups (broad SMARTS) is 2. The average molecular weight is 522 g/mol. The molecule has 204 valence electrons. The SMILES string of the molecule is CCCN(CCC)CCc1ccc(OCCc2ccccc2)c(OCc2ccccc2)c1.O=C(O)C(=O)O. The summed E-state index contributed by atoms with van der Waals surface area (Å²) in [6.45, 7) is 9.06. The van der Waals surface area contributed by atoms with Gasteiger partial charge in [0.1, 0.15) is 6.61 Å². The van der Waals surface area contributed by atoms with E-state index in [9.17, 15) is 0 Å². The summed E-state index contributed by atoms with van der Waals surface area (Å²) in [5, 5.41) is 14.8. The van der Waals surface area contributed by atoms with Gasteiger partial charge < -0.3 is 24.6 Å². The highest BCUT2D eigenvalue weighted by Crippen LogP contribution is 2.30. The van der Waals surface area contributed by atoms with Crippen molar-refractivity contribution in [3.05, 3.63) is 95.6 Å². The molecule has 7 nitrogen and oxygen atoms in total. The van der Waals surface area contributed by atoms with Crippen LogP contribution in [0.1, 0.15) is 43.4 Å². The summed E-state index contributed by atoms with van der Waals surface area (Å²) >= 11 is 0. The zero-order chi connectivity index (χ0) is 27.6. The van der Waals surface area contributed by atoms with E-state index in [0.29, 0.717) is 13.2 Å². The van der Waals surface area contributed by atoms with E-state index in [1.807, 2.05) is 24.3 Å². The van der Waals surface area contributed by atoms with Crippen LogP contribution in [0.3, 0.4) is 0 Å². The largest absolute Gasteiger partial charge is 0.489 e. The molecule has 0 saturated heterocycles. The van der Waals surface area contributed by atoms with Gasteiger partial charge in [-0.25, -0.2) is 9.59 Å². The molecule has 2 N–H and O–H groups in total. The van der Waals surface area contributed by atoms with Gasteiger partial charge in [-0.3, -0.25) is 0 Å². The first-order valence-corrected chi connectivity index (χ1v) is 13.1. The third-order valence-corrected chi connectivity index (χ3v) is 5.72. The molecule has 3 aromatic carbocycles. The minimum absolute atomic E-state index is 0.539. The Labute approximate surface area is 225 Å². The van der Waals surface area contributed by atoms with E-state index in [-0.39, 0.29) is 0 Å². The molecule has 0 amide bonds. The summed E-state index contributed by atoms with van der Waals surface area (Å²) in [5.74, 6) is -2.00. The Bertz CT molecular complexity index is 1070. The van der Waals surface area contributed by atoms with E-state index >= 15 is 0 Å². The Morgan fingerprint density at radius 3 is 1.79 bits per heavy atom. The molecule has 0 bridgehead atoms. The van der Waals surface area contributed by atoms with Crippen LogP contribution in [-0.4, -0.2) is 53.3 Å². The van der Waals surface area contributed by atoms with Gasteiger partial charge in [0.15, 0.2) is 11.5 Å². The quantitative estimate of drug-likeness (QED) is 0.262. The number of rotatable bonds is 14. The highest BCUT2D eigenvalue weighted by Gasteiger charge is 2.10.